The Balaban J connectivity index is 0.000000810. The molecule has 0 unspecified atom stereocenters. The van der Waals surface area contributed by atoms with Crippen molar-refractivity contribution in [3.8, 4) is 0 Å². The number of aryl methyl sites for hydroxylation is 1. The highest BCUT2D eigenvalue weighted by molar-refractivity contribution is 5.55. The van der Waals surface area contributed by atoms with E-state index in [1.165, 1.54) is 88.6 Å². The second-order valence-corrected chi connectivity index (χ2v) is 9.03. The van der Waals surface area contributed by atoms with Gasteiger partial charge in [-0.2, -0.15) is 0 Å². The molecule has 3 heteroatoms. The van der Waals surface area contributed by atoms with Gasteiger partial charge in [0.05, 0.1) is 5.69 Å². The summed E-state index contributed by atoms with van der Waals surface area (Å²) in [5.41, 5.74) is 2.34. The summed E-state index contributed by atoms with van der Waals surface area (Å²) in [6.07, 6.45) is 27.2. The molecule has 3 nitrogen and oxygen atoms in total. The average Bonchev–Trinajstić information content (AvgIpc) is 3.55. The largest absolute Gasteiger partial charge is 0.367 e. The number of rotatable bonds is 11. The Morgan fingerprint density at radius 3 is 2.03 bits per heavy atom. The predicted octanol–water partition coefficient (Wildman–Crippen LogP) is 10.6. The molecule has 3 rings (SSSR count). The number of imidazole rings is 1. The van der Waals surface area contributed by atoms with Crippen molar-refractivity contribution >= 4 is 11.5 Å². The molecule has 2 aromatic heterocycles. The van der Waals surface area contributed by atoms with Crippen molar-refractivity contribution in [1.82, 2.24) is 9.38 Å². The third-order valence-corrected chi connectivity index (χ3v) is 6.06. The Morgan fingerprint density at radius 2 is 1.46 bits per heavy atom. The van der Waals surface area contributed by atoms with E-state index in [4.69, 9.17) is 4.98 Å². The molecule has 0 atom stereocenters. The molecule has 35 heavy (non-hydrogen) atoms. The minimum absolute atomic E-state index is 0.637. The van der Waals surface area contributed by atoms with Crippen LogP contribution in [-0.2, 0) is 6.42 Å². The maximum Gasteiger partial charge on any atom is 0.138 e. The van der Waals surface area contributed by atoms with Crippen molar-refractivity contribution in [3.63, 3.8) is 0 Å². The van der Waals surface area contributed by atoms with Crippen LogP contribution >= 0.6 is 0 Å². The van der Waals surface area contributed by atoms with Crippen LogP contribution in [-0.4, -0.2) is 15.4 Å². The van der Waals surface area contributed by atoms with Crippen LogP contribution in [0.4, 0.5) is 5.82 Å². The van der Waals surface area contributed by atoms with Gasteiger partial charge >= 0.3 is 0 Å². The van der Waals surface area contributed by atoms with Crippen LogP contribution in [0.15, 0.2) is 48.7 Å². The second-order valence-electron chi connectivity index (χ2n) is 9.03. The number of unbranched alkanes of at least 4 members (excludes halogenated alkanes) is 6. The fraction of sp³-hybridized carbons (Fsp3) is 0.656. The lowest BCUT2D eigenvalue weighted by Gasteiger charge is -2.14. The maximum absolute atomic E-state index is 4.89. The Bertz CT molecular complexity index is 754. The Labute approximate surface area is 218 Å². The molecule has 2 aromatic rings. The number of nitrogens with zero attached hydrogens (tertiary/aromatic N) is 2. The van der Waals surface area contributed by atoms with Crippen molar-refractivity contribution < 1.29 is 0 Å². The van der Waals surface area contributed by atoms with Gasteiger partial charge in [-0.15, -0.1) is 0 Å². The van der Waals surface area contributed by atoms with Gasteiger partial charge in [-0.25, -0.2) is 4.98 Å². The fourth-order valence-corrected chi connectivity index (χ4v) is 3.93. The first-order valence-electron chi connectivity index (χ1n) is 14.7. The van der Waals surface area contributed by atoms with Gasteiger partial charge in [0.1, 0.15) is 11.5 Å². The van der Waals surface area contributed by atoms with Gasteiger partial charge in [0.25, 0.3) is 0 Å². The van der Waals surface area contributed by atoms with Crippen LogP contribution in [0.5, 0.6) is 0 Å². The van der Waals surface area contributed by atoms with Gasteiger partial charge in [-0.3, -0.25) is 4.40 Å². The molecule has 0 spiro atoms. The molecule has 1 saturated carbocycles. The summed E-state index contributed by atoms with van der Waals surface area (Å²) in [6.45, 7) is 14.6. The van der Waals surface area contributed by atoms with E-state index in [0.717, 1.165) is 12.1 Å². The standard InChI is InChI=1S/C20H31N3.C6H10.C4H10.C2H6/c1-2-3-4-5-6-7-14-18-20(21-17-12-8-9-13-17)23-16-11-10-15-19(23)22-18;1-3-5-6-4-2;1-3-4-2;1-2/h10-11,15-17,21H,2-9,12-14H2,1H3;3-6H,1-2H3;3-4H2,1-2H3;1-2H3/b;5-3-,6-4-;;. The molecule has 0 radical (unpaired) electrons. The Kier molecular flexibility index (Phi) is 22.3. The normalized spacial score (nSPS) is 13.2. The molecule has 0 amide bonds. The van der Waals surface area contributed by atoms with E-state index in [1.807, 2.05) is 52.0 Å². The van der Waals surface area contributed by atoms with Crippen LogP contribution in [0, 0.1) is 0 Å². The van der Waals surface area contributed by atoms with Gasteiger partial charge < -0.3 is 5.32 Å². The third kappa shape index (κ3) is 14.9. The number of hydrogen-bond acceptors (Lipinski definition) is 2. The summed E-state index contributed by atoms with van der Waals surface area (Å²) in [4.78, 5) is 4.89. The fourth-order valence-electron chi connectivity index (χ4n) is 3.93. The maximum atomic E-state index is 4.89. The van der Waals surface area contributed by atoms with E-state index < -0.39 is 0 Å². The SMILES string of the molecule is C/C=C\C=C/C.CC.CCCC.CCCCCCCCc1nc2ccccn2c1NC1CCCC1. The van der Waals surface area contributed by atoms with Crippen molar-refractivity contribution in [3.05, 3.63) is 54.4 Å². The molecule has 0 aromatic carbocycles. The smallest absolute Gasteiger partial charge is 0.138 e. The van der Waals surface area contributed by atoms with Crippen LogP contribution in [0.25, 0.3) is 5.65 Å². The first kappa shape index (κ1) is 33.0. The Hall–Kier alpha value is -2.03. The number of allylic oxidation sites excluding steroid dienone is 4. The zero-order valence-electron chi connectivity index (χ0n) is 24.3. The van der Waals surface area contributed by atoms with Gasteiger partial charge in [-0.05, 0) is 51.7 Å². The Morgan fingerprint density at radius 1 is 0.857 bits per heavy atom. The van der Waals surface area contributed by atoms with E-state index in [1.54, 1.807) is 0 Å². The minimum atomic E-state index is 0.637. The highest BCUT2D eigenvalue weighted by Crippen LogP contribution is 2.26. The van der Waals surface area contributed by atoms with Gasteiger partial charge in [-0.1, -0.05) is 123 Å². The summed E-state index contributed by atoms with van der Waals surface area (Å²) in [6, 6.07) is 6.93. The molecule has 1 fully saturated rings. The molecule has 0 aliphatic heterocycles. The van der Waals surface area contributed by atoms with Gasteiger partial charge in [0, 0.05) is 12.2 Å². The van der Waals surface area contributed by atoms with Crippen molar-refractivity contribution in [2.24, 2.45) is 0 Å². The zero-order chi connectivity index (χ0) is 26.2. The average molecular weight is 484 g/mol. The van der Waals surface area contributed by atoms with E-state index in [2.05, 4.69) is 54.9 Å². The molecular weight excluding hydrogens is 426 g/mol. The van der Waals surface area contributed by atoms with Crippen LogP contribution < -0.4 is 5.32 Å². The minimum Gasteiger partial charge on any atom is -0.367 e. The first-order chi connectivity index (χ1) is 17.2. The van der Waals surface area contributed by atoms with Crippen molar-refractivity contribution in [2.75, 3.05) is 5.32 Å². The number of anilines is 1. The lowest BCUT2D eigenvalue weighted by Crippen LogP contribution is -2.17. The number of hydrogen-bond donors (Lipinski definition) is 1. The van der Waals surface area contributed by atoms with Crippen molar-refractivity contribution in [2.45, 2.75) is 138 Å². The summed E-state index contributed by atoms with van der Waals surface area (Å²) in [5.74, 6) is 1.25. The molecule has 0 bridgehead atoms. The molecule has 1 aliphatic rings. The topological polar surface area (TPSA) is 29.3 Å². The molecule has 1 N–H and O–H groups in total. The zero-order valence-corrected chi connectivity index (χ0v) is 24.3. The van der Waals surface area contributed by atoms with Gasteiger partial charge in [0.2, 0.25) is 0 Å². The highest BCUT2D eigenvalue weighted by Gasteiger charge is 2.19. The van der Waals surface area contributed by atoms with E-state index in [-0.39, 0.29) is 0 Å². The predicted molar refractivity (Wildman–Crippen MR) is 160 cm³/mol. The highest BCUT2D eigenvalue weighted by atomic mass is 15.1. The van der Waals surface area contributed by atoms with Crippen molar-refractivity contribution in [1.29, 1.82) is 0 Å². The van der Waals surface area contributed by atoms with Crippen LogP contribution in [0.3, 0.4) is 0 Å². The second kappa shape index (κ2) is 23.7. The molecule has 1 aliphatic carbocycles. The summed E-state index contributed by atoms with van der Waals surface area (Å²) >= 11 is 0. The summed E-state index contributed by atoms with van der Waals surface area (Å²) in [7, 11) is 0. The van der Waals surface area contributed by atoms with Crippen LogP contribution in [0.2, 0.25) is 0 Å². The lowest BCUT2D eigenvalue weighted by molar-refractivity contribution is 0.605. The summed E-state index contributed by atoms with van der Waals surface area (Å²) in [5, 5.41) is 3.79. The van der Waals surface area contributed by atoms with Gasteiger partial charge in [0.15, 0.2) is 0 Å². The van der Waals surface area contributed by atoms with Crippen LogP contribution in [0.1, 0.15) is 131 Å². The van der Waals surface area contributed by atoms with E-state index >= 15 is 0 Å². The summed E-state index contributed by atoms with van der Waals surface area (Å²) < 4.78 is 2.24. The quantitative estimate of drug-likeness (QED) is 0.254. The molecule has 2 heterocycles. The molecule has 0 saturated heterocycles. The third-order valence-electron chi connectivity index (χ3n) is 6.06. The van der Waals surface area contributed by atoms with E-state index in [0.29, 0.717) is 6.04 Å². The lowest BCUT2D eigenvalue weighted by atomic mass is 10.1. The number of nitrogens with one attached hydrogen (secondary N) is 1. The first-order valence-corrected chi connectivity index (χ1v) is 14.7. The number of pyridine rings is 1. The van der Waals surface area contributed by atoms with E-state index in [9.17, 15) is 0 Å². The number of fused-ring (bicyclic) bond motifs is 1. The monoisotopic (exact) mass is 483 g/mol. The molecule has 200 valence electrons. The number of aromatic nitrogens is 2. The molecular formula is C32H57N3.